The zero-order valence-corrected chi connectivity index (χ0v) is 31.8. The Labute approximate surface area is 319 Å². The van der Waals surface area contributed by atoms with Crippen LogP contribution in [-0.2, 0) is 27.2 Å². The molecular weight excluding hydrogens is 722 g/mol. The van der Waals surface area contributed by atoms with Crippen molar-refractivity contribution in [3.05, 3.63) is 192 Å². The third kappa shape index (κ3) is 6.15. The normalized spacial score (nSPS) is 23.0. The molecule has 6 nitrogen and oxygen atoms in total. The Hall–Kier alpha value is -4.90. The maximum absolute atomic E-state index is 15.6. The van der Waals surface area contributed by atoms with E-state index in [1.807, 2.05) is 97.1 Å². The highest BCUT2D eigenvalue weighted by Gasteiger charge is 2.54. The van der Waals surface area contributed by atoms with Gasteiger partial charge in [0, 0.05) is 0 Å². The molecule has 0 saturated carbocycles. The van der Waals surface area contributed by atoms with Crippen molar-refractivity contribution in [2.45, 2.75) is 11.3 Å². The second kappa shape index (κ2) is 13.7. The summed E-state index contributed by atoms with van der Waals surface area (Å²) in [6, 6.07) is 57.0. The molecule has 2 saturated heterocycles. The molecule has 2 fully saturated rings. The van der Waals surface area contributed by atoms with Crippen LogP contribution < -0.4 is 0 Å². The zero-order valence-electron chi connectivity index (χ0n) is 30.0. The van der Waals surface area contributed by atoms with Crippen LogP contribution >= 0.6 is 15.2 Å². The number of rotatable bonds is 6. The molecule has 2 aliphatic rings. The molecule has 10 rings (SSSR count). The van der Waals surface area contributed by atoms with Crippen LogP contribution in [0.4, 0.5) is 0 Å². The molecule has 0 amide bonds. The first-order valence-electron chi connectivity index (χ1n) is 18.6. The van der Waals surface area contributed by atoms with E-state index in [2.05, 4.69) is 72.8 Å². The number of hydrogen-bond donors (Lipinski definition) is 0. The number of benzene rings is 8. The Bertz CT molecular complexity index is 2640. The maximum Gasteiger partial charge on any atom is 0.342 e. The van der Waals surface area contributed by atoms with E-state index in [1.165, 1.54) is 0 Å². The quantitative estimate of drug-likeness (QED) is 0.124. The summed E-state index contributed by atoms with van der Waals surface area (Å²) in [6.45, 7) is 0.268. The number of hydrogen-bond acceptors (Lipinski definition) is 6. The minimum atomic E-state index is -3.92. The molecule has 55 heavy (non-hydrogen) atoms. The Morgan fingerprint density at radius 2 is 0.727 bits per heavy atom. The molecule has 1 spiro atoms. The van der Waals surface area contributed by atoms with Gasteiger partial charge in [-0.25, -0.2) is 0 Å². The van der Waals surface area contributed by atoms with Gasteiger partial charge in [0.1, 0.15) is 11.3 Å². The standard InChI is InChI=1S/C47H38O6P2/c48-54(45(33-13-3-1-4-14-33)34-15-5-2-6-16-34)50-29-47(30-51-54)31-52-55(49,53-32-47)46(41-23-11-21-39-25-35-17-7-9-19-37(35)27-43(39)41)42-24-12-22-40-26-36-18-8-10-20-38(36)28-44(40)42/h1-28,45-46H,29-32H2. The van der Waals surface area contributed by atoms with Gasteiger partial charge in [0.25, 0.3) is 0 Å². The fourth-order valence-electron chi connectivity index (χ4n) is 8.33. The highest BCUT2D eigenvalue weighted by Crippen LogP contribution is 2.71. The van der Waals surface area contributed by atoms with Gasteiger partial charge in [-0.15, -0.1) is 0 Å². The Morgan fingerprint density at radius 1 is 0.382 bits per heavy atom. The summed E-state index contributed by atoms with van der Waals surface area (Å²) < 4.78 is 56.0. The molecule has 0 atom stereocenters. The fourth-order valence-corrected chi connectivity index (χ4v) is 13.1. The SMILES string of the molecule is O=P1(C(c2ccccc2)c2ccccc2)OCC2(CO1)COP(=O)(C(c1cccc3cc4ccccc4cc13)c1cccc3cc4ccccc4cc13)OC2. The van der Waals surface area contributed by atoms with E-state index < -0.39 is 31.9 Å². The van der Waals surface area contributed by atoms with E-state index in [9.17, 15) is 4.57 Å². The van der Waals surface area contributed by atoms with Gasteiger partial charge in [-0.05, 0) is 89.6 Å². The Balaban J connectivity index is 1.03. The molecule has 8 aromatic carbocycles. The van der Waals surface area contributed by atoms with E-state index in [0.717, 1.165) is 65.3 Å². The summed E-state index contributed by atoms with van der Waals surface area (Å²) in [5.41, 5.74) is 1.31. The van der Waals surface area contributed by atoms with Crippen molar-refractivity contribution >= 4 is 58.3 Å². The topological polar surface area (TPSA) is 71.1 Å². The highest BCUT2D eigenvalue weighted by atomic mass is 31.2. The summed E-state index contributed by atoms with van der Waals surface area (Å²) in [5.74, 6) is 0. The molecule has 0 unspecified atom stereocenters. The lowest BCUT2D eigenvalue weighted by Crippen LogP contribution is -2.46. The van der Waals surface area contributed by atoms with Crippen LogP contribution in [0.15, 0.2) is 170 Å². The minimum absolute atomic E-state index is 0.0590. The van der Waals surface area contributed by atoms with Crippen molar-refractivity contribution < 1.29 is 27.2 Å². The van der Waals surface area contributed by atoms with Crippen molar-refractivity contribution in [2.24, 2.45) is 5.41 Å². The highest BCUT2D eigenvalue weighted by molar-refractivity contribution is 7.55. The average Bonchev–Trinajstić information content (AvgIpc) is 3.23. The Morgan fingerprint density at radius 3 is 1.15 bits per heavy atom. The summed E-state index contributed by atoms with van der Waals surface area (Å²) in [7, 11) is -7.60. The van der Waals surface area contributed by atoms with Gasteiger partial charge in [0.05, 0.1) is 31.8 Å². The van der Waals surface area contributed by atoms with Gasteiger partial charge in [-0.1, -0.05) is 146 Å². The second-order valence-corrected chi connectivity index (χ2v) is 19.1. The Kier molecular flexibility index (Phi) is 8.61. The summed E-state index contributed by atoms with van der Waals surface area (Å²) >= 11 is 0. The van der Waals surface area contributed by atoms with Crippen LogP contribution in [-0.4, -0.2) is 26.4 Å². The third-order valence-corrected chi connectivity index (χ3v) is 15.6. The zero-order chi connectivity index (χ0) is 37.0. The van der Waals surface area contributed by atoms with Crippen LogP contribution in [0.25, 0.3) is 43.1 Å². The van der Waals surface area contributed by atoms with E-state index in [4.69, 9.17) is 18.1 Å². The van der Waals surface area contributed by atoms with Crippen molar-refractivity contribution in [2.75, 3.05) is 26.4 Å². The molecule has 272 valence electrons. The van der Waals surface area contributed by atoms with Gasteiger partial charge in [0.2, 0.25) is 0 Å². The van der Waals surface area contributed by atoms with Crippen LogP contribution in [0.3, 0.4) is 0 Å². The molecular formula is C47H38O6P2. The van der Waals surface area contributed by atoms with Crippen molar-refractivity contribution in [1.29, 1.82) is 0 Å². The molecule has 0 bridgehead atoms. The van der Waals surface area contributed by atoms with Crippen LogP contribution in [0, 0.1) is 5.41 Å². The first-order valence-corrected chi connectivity index (χ1v) is 21.8. The van der Waals surface area contributed by atoms with E-state index in [-0.39, 0.29) is 26.4 Å². The lowest BCUT2D eigenvalue weighted by molar-refractivity contribution is -0.0702. The monoisotopic (exact) mass is 760 g/mol. The van der Waals surface area contributed by atoms with Crippen LogP contribution in [0.1, 0.15) is 33.6 Å². The first-order chi connectivity index (χ1) is 26.9. The number of fused-ring (bicyclic) bond motifs is 4. The minimum Gasteiger partial charge on any atom is -0.307 e. The van der Waals surface area contributed by atoms with Crippen LogP contribution in [0.5, 0.6) is 0 Å². The lowest BCUT2D eigenvalue weighted by Gasteiger charge is -2.45. The molecule has 0 radical (unpaired) electrons. The smallest absolute Gasteiger partial charge is 0.307 e. The first kappa shape index (κ1) is 34.6. The maximum atomic E-state index is 15.6. The average molecular weight is 761 g/mol. The van der Waals surface area contributed by atoms with Crippen molar-refractivity contribution in [3.8, 4) is 0 Å². The lowest BCUT2D eigenvalue weighted by atomic mass is 9.92. The molecule has 8 heteroatoms. The molecule has 8 aromatic rings. The van der Waals surface area contributed by atoms with E-state index in [0.29, 0.717) is 0 Å². The summed E-state index contributed by atoms with van der Waals surface area (Å²) in [6.07, 6.45) is 0. The molecule has 2 aliphatic heterocycles. The molecule has 2 heterocycles. The second-order valence-electron chi connectivity index (χ2n) is 14.8. The molecule has 0 aliphatic carbocycles. The van der Waals surface area contributed by atoms with Gasteiger partial charge >= 0.3 is 15.2 Å². The van der Waals surface area contributed by atoms with Gasteiger partial charge in [0.15, 0.2) is 0 Å². The fraction of sp³-hybridized carbons (Fsp3) is 0.149. The van der Waals surface area contributed by atoms with Crippen molar-refractivity contribution in [1.82, 2.24) is 0 Å². The largest absolute Gasteiger partial charge is 0.342 e. The molecule has 0 N–H and O–H groups in total. The summed E-state index contributed by atoms with van der Waals surface area (Å²) in [5, 5.41) is 8.53. The molecule has 0 aromatic heterocycles. The van der Waals surface area contributed by atoms with Crippen molar-refractivity contribution in [3.63, 3.8) is 0 Å². The van der Waals surface area contributed by atoms with E-state index in [1.54, 1.807) is 0 Å². The van der Waals surface area contributed by atoms with Gasteiger partial charge < -0.3 is 18.1 Å². The third-order valence-electron chi connectivity index (χ3n) is 11.2. The van der Waals surface area contributed by atoms with E-state index >= 15 is 4.57 Å². The van der Waals surface area contributed by atoms with Gasteiger partial charge in [-0.2, -0.15) is 0 Å². The predicted octanol–water partition coefficient (Wildman–Crippen LogP) is 12.6. The summed E-state index contributed by atoms with van der Waals surface area (Å²) in [4.78, 5) is 0. The predicted molar refractivity (Wildman–Crippen MR) is 221 cm³/mol. The van der Waals surface area contributed by atoms with Crippen LogP contribution in [0.2, 0.25) is 0 Å². The van der Waals surface area contributed by atoms with Gasteiger partial charge in [-0.3, -0.25) is 9.13 Å².